The Kier molecular flexibility index (Phi) is 12.4. The molecule has 5 aliphatic rings. The molecule has 2 aromatic heterocycles. The zero-order valence-corrected chi connectivity index (χ0v) is 39.5. The van der Waals surface area contributed by atoms with Crippen LogP contribution >= 0.6 is 0 Å². The number of likely N-dealkylation sites (tertiary alicyclic amines) is 1. The molecular formula is C51H60FN7O8S. The molecule has 10 rings (SSSR count). The molecule has 3 aliphatic carbocycles. The van der Waals surface area contributed by atoms with Crippen LogP contribution in [0.4, 0.5) is 21.5 Å². The van der Waals surface area contributed by atoms with E-state index >= 15 is 0 Å². The number of carbonyl (C=O) groups excluding carboxylic acids is 1. The van der Waals surface area contributed by atoms with Gasteiger partial charge in [-0.1, -0.05) is 30.7 Å². The molecule has 360 valence electrons. The number of nitro groups is 1. The number of hydrogen-bond acceptors (Lipinski definition) is 12. The molecule has 15 nitrogen and oxygen atoms in total. The number of nitrogens with one attached hydrogen (secondary N) is 3. The maximum absolute atomic E-state index is 14.9. The van der Waals surface area contributed by atoms with Gasteiger partial charge in [-0.3, -0.25) is 19.8 Å². The lowest BCUT2D eigenvalue weighted by atomic mass is 9.70. The van der Waals surface area contributed by atoms with Crippen LogP contribution in [-0.4, -0.2) is 90.2 Å². The van der Waals surface area contributed by atoms with Crippen molar-refractivity contribution in [3.63, 3.8) is 0 Å². The van der Waals surface area contributed by atoms with Gasteiger partial charge in [-0.25, -0.2) is 17.5 Å². The number of piperidine rings is 1. The van der Waals surface area contributed by atoms with E-state index in [0.29, 0.717) is 31.3 Å². The average molecular weight is 950 g/mol. The Hall–Kier alpha value is -5.78. The summed E-state index contributed by atoms with van der Waals surface area (Å²) in [5.74, 6) is -0.0790. The lowest BCUT2D eigenvalue weighted by Gasteiger charge is -2.57. The highest BCUT2D eigenvalue weighted by atomic mass is 32.2. The molecule has 3 aromatic carbocycles. The fraction of sp³-hybridized carbons (Fsp3) is 0.490. The molecule has 4 heterocycles. The molecule has 0 bridgehead atoms. The fourth-order valence-corrected chi connectivity index (χ4v) is 12.3. The van der Waals surface area contributed by atoms with E-state index in [1.54, 1.807) is 37.1 Å². The summed E-state index contributed by atoms with van der Waals surface area (Å²) in [5.41, 5.74) is 3.16. The summed E-state index contributed by atoms with van der Waals surface area (Å²) in [5, 5.41) is 25.8. The second-order valence-electron chi connectivity index (χ2n) is 20.1. The van der Waals surface area contributed by atoms with E-state index in [2.05, 4.69) is 54.1 Å². The summed E-state index contributed by atoms with van der Waals surface area (Å²) in [6.45, 7) is 7.87. The van der Waals surface area contributed by atoms with Crippen LogP contribution in [-0.2, 0) is 10.0 Å². The van der Waals surface area contributed by atoms with Crippen molar-refractivity contribution in [1.29, 1.82) is 0 Å². The van der Waals surface area contributed by atoms with Crippen molar-refractivity contribution < 1.29 is 37.1 Å². The Labute approximate surface area is 396 Å². The molecule has 2 atom stereocenters. The van der Waals surface area contributed by atoms with Gasteiger partial charge in [-0.15, -0.1) is 0 Å². The third-order valence-corrected chi connectivity index (χ3v) is 16.7. The minimum Gasteiger partial charge on any atom is -0.475 e. The molecule has 68 heavy (non-hydrogen) atoms. The SMILES string of the molecule is CCOc1nc2[nH]cc(F)c2cc1Oc1cc(N2CCC3(CC2)CN([C@@H]2CCC[C@@H]2c2ccccc2C2CC2)C3)ccc1C(=O)NS(=O)(=O)c1ccc(NCC2CCC(C)(O)CC2)c([N+](=O)[O-])c1. The summed E-state index contributed by atoms with van der Waals surface area (Å²) >= 11 is 0. The third-order valence-electron chi connectivity index (χ3n) is 15.4. The maximum Gasteiger partial charge on any atom is 0.293 e. The topological polar surface area (TPSA) is 192 Å². The number of aromatic nitrogens is 2. The molecule has 0 radical (unpaired) electrons. The van der Waals surface area contributed by atoms with Crippen LogP contribution in [0.25, 0.3) is 11.0 Å². The fourth-order valence-electron chi connectivity index (χ4n) is 11.3. The van der Waals surface area contributed by atoms with Crippen LogP contribution in [0.15, 0.2) is 77.8 Å². The van der Waals surface area contributed by atoms with Crippen molar-refractivity contribution in [2.75, 3.05) is 49.5 Å². The second-order valence-corrected chi connectivity index (χ2v) is 21.8. The minimum absolute atomic E-state index is 0.0151. The first kappa shape index (κ1) is 46.0. The summed E-state index contributed by atoms with van der Waals surface area (Å²) in [7, 11) is -4.66. The van der Waals surface area contributed by atoms with E-state index in [1.807, 2.05) is 0 Å². The number of sulfonamides is 1. The maximum atomic E-state index is 14.9. The second kappa shape index (κ2) is 18.3. The van der Waals surface area contributed by atoms with Gasteiger partial charge in [0.05, 0.1) is 33.0 Å². The van der Waals surface area contributed by atoms with Crippen molar-refractivity contribution >= 4 is 44.0 Å². The van der Waals surface area contributed by atoms with Gasteiger partial charge in [-0.2, -0.15) is 4.98 Å². The largest absolute Gasteiger partial charge is 0.475 e. The van der Waals surface area contributed by atoms with Gasteiger partial charge in [0.25, 0.3) is 27.5 Å². The molecule has 17 heteroatoms. The number of aromatic amines is 1. The van der Waals surface area contributed by atoms with E-state index in [0.717, 1.165) is 69.5 Å². The zero-order chi connectivity index (χ0) is 47.4. The van der Waals surface area contributed by atoms with Crippen molar-refractivity contribution in [3.05, 3.63) is 106 Å². The number of amides is 1. The van der Waals surface area contributed by atoms with Crippen LogP contribution in [0, 0.1) is 27.3 Å². The zero-order valence-electron chi connectivity index (χ0n) is 38.6. The number of H-pyrrole nitrogens is 1. The van der Waals surface area contributed by atoms with Crippen LogP contribution in [0.3, 0.4) is 0 Å². The van der Waals surface area contributed by atoms with Gasteiger partial charge in [0.15, 0.2) is 5.75 Å². The number of hydrogen-bond donors (Lipinski definition) is 4. The van der Waals surface area contributed by atoms with Crippen molar-refractivity contribution in [3.8, 4) is 17.4 Å². The van der Waals surface area contributed by atoms with Crippen LogP contribution in [0.5, 0.6) is 17.4 Å². The molecule has 3 saturated carbocycles. The van der Waals surface area contributed by atoms with Gasteiger partial charge in [-0.05, 0) is 137 Å². The lowest BCUT2D eigenvalue weighted by Crippen LogP contribution is -2.63. The number of ether oxygens (including phenoxy) is 2. The molecule has 2 aliphatic heterocycles. The van der Waals surface area contributed by atoms with E-state index in [1.165, 1.54) is 62.6 Å². The van der Waals surface area contributed by atoms with E-state index in [9.17, 15) is 32.8 Å². The number of nitrogens with zero attached hydrogens (tertiary/aromatic N) is 4. The minimum atomic E-state index is -4.66. The number of anilines is 2. The van der Waals surface area contributed by atoms with Crippen LogP contribution in [0.1, 0.15) is 118 Å². The normalized spacial score (nSPS) is 23.9. The van der Waals surface area contributed by atoms with Crippen molar-refractivity contribution in [2.45, 2.75) is 113 Å². The molecule has 5 fully saturated rings. The standard InChI is InChI=1S/C51H60FN7O8S/c1-3-66-49-46(27-40-41(52)29-54-47(40)55-49)67-45-25-34(57-23-21-51(22-24-57)30-58(31-51)43-10-6-9-38(43)37-8-5-4-7-36(37)33-11-12-33)13-15-39(45)48(60)56-68(64,65)35-14-16-42(44(26-35)59(62)63)53-28-32-17-19-50(2,61)20-18-32/h4-5,7-8,13-16,25-27,29,32-33,38,43,53,61H,3,6,9-12,17-24,28,30-31H2,1-2H3,(H,54,55)(H,56,60)/t32?,38-,43-,50?/m1/s1. The Morgan fingerprint density at radius 3 is 2.44 bits per heavy atom. The first-order valence-corrected chi connectivity index (χ1v) is 25.7. The first-order chi connectivity index (χ1) is 32.7. The first-order valence-electron chi connectivity index (χ1n) is 24.2. The number of halogens is 1. The van der Waals surface area contributed by atoms with Crippen LogP contribution in [0.2, 0.25) is 0 Å². The quantitative estimate of drug-likeness (QED) is 0.0575. The Bertz CT molecular complexity index is 2820. The Balaban J connectivity index is 0.869. The number of benzene rings is 3. The van der Waals surface area contributed by atoms with Crippen molar-refractivity contribution in [1.82, 2.24) is 19.6 Å². The molecule has 4 N–H and O–H groups in total. The molecule has 1 amide bonds. The average Bonchev–Trinajstić information content (AvgIpc) is 3.95. The molecule has 5 aromatic rings. The number of pyridine rings is 1. The highest BCUT2D eigenvalue weighted by molar-refractivity contribution is 7.90. The number of aliphatic hydroxyl groups is 1. The molecule has 0 unspecified atom stereocenters. The van der Waals surface area contributed by atoms with Gasteiger partial charge in [0.2, 0.25) is 0 Å². The Morgan fingerprint density at radius 1 is 0.971 bits per heavy atom. The van der Waals surface area contributed by atoms with E-state index in [4.69, 9.17) is 9.47 Å². The number of rotatable bonds is 15. The molecule has 1 spiro atoms. The summed E-state index contributed by atoms with van der Waals surface area (Å²) in [6, 6.07) is 19.5. The van der Waals surface area contributed by atoms with Crippen LogP contribution < -0.4 is 24.4 Å². The van der Waals surface area contributed by atoms with Gasteiger partial charge in [0, 0.05) is 68.8 Å². The number of fused-ring (bicyclic) bond motifs is 1. The summed E-state index contributed by atoms with van der Waals surface area (Å²) in [6.07, 6.45) is 12.2. The van der Waals surface area contributed by atoms with E-state index in [-0.39, 0.29) is 57.6 Å². The highest BCUT2D eigenvalue weighted by Crippen LogP contribution is 2.51. The lowest BCUT2D eigenvalue weighted by molar-refractivity contribution is -0.384. The summed E-state index contributed by atoms with van der Waals surface area (Å²) < 4.78 is 56.9. The monoisotopic (exact) mass is 949 g/mol. The number of nitro benzene ring substituents is 1. The summed E-state index contributed by atoms with van der Waals surface area (Å²) in [4.78, 5) is 37.4. The smallest absolute Gasteiger partial charge is 0.293 e. The molecule has 2 saturated heterocycles. The molecular weight excluding hydrogens is 890 g/mol. The predicted molar refractivity (Wildman–Crippen MR) is 257 cm³/mol. The third kappa shape index (κ3) is 9.36. The Morgan fingerprint density at radius 2 is 1.72 bits per heavy atom. The van der Waals surface area contributed by atoms with Crippen molar-refractivity contribution in [2.24, 2.45) is 11.3 Å². The highest BCUT2D eigenvalue weighted by Gasteiger charge is 2.50. The van der Waals surface area contributed by atoms with E-state index < -0.39 is 42.9 Å². The van der Waals surface area contributed by atoms with Gasteiger partial charge in [0.1, 0.15) is 22.9 Å². The van der Waals surface area contributed by atoms with Gasteiger partial charge >= 0.3 is 0 Å². The predicted octanol–water partition coefficient (Wildman–Crippen LogP) is 9.39. The number of carbonyl (C=O) groups is 1. The van der Waals surface area contributed by atoms with Gasteiger partial charge < -0.3 is 29.8 Å².